The zero-order valence-electron chi connectivity index (χ0n) is 11.0. The molecule has 19 heavy (non-hydrogen) atoms. The maximum Gasteiger partial charge on any atom is 0.272 e. The van der Waals surface area contributed by atoms with Gasteiger partial charge in [-0.1, -0.05) is 0 Å². The first-order valence-electron chi connectivity index (χ1n) is 6.05. The average Bonchev–Trinajstić information content (AvgIpc) is 2.89. The monoisotopic (exact) mass is 259 g/mol. The van der Waals surface area contributed by atoms with E-state index >= 15 is 0 Å². The van der Waals surface area contributed by atoms with Crippen molar-refractivity contribution in [1.29, 1.82) is 0 Å². The number of aryl methyl sites for hydroxylation is 1. The van der Waals surface area contributed by atoms with Crippen molar-refractivity contribution in [2.45, 2.75) is 13.5 Å². The molecule has 0 aliphatic carbocycles. The number of anilines is 2. The second-order valence-electron chi connectivity index (χ2n) is 4.09. The van der Waals surface area contributed by atoms with Gasteiger partial charge in [-0.3, -0.25) is 4.79 Å². The summed E-state index contributed by atoms with van der Waals surface area (Å²) in [4.78, 5) is 12.1. The lowest BCUT2D eigenvalue weighted by Gasteiger charge is -2.10. The molecule has 2 aromatic rings. The number of carbonyl (C=O) groups excluding carboxylic acids is 1. The molecule has 0 radical (unpaired) electrons. The molecule has 1 amide bonds. The Labute approximate surface area is 112 Å². The summed E-state index contributed by atoms with van der Waals surface area (Å²) in [6, 6.07) is 8.78. The van der Waals surface area contributed by atoms with Crippen LogP contribution >= 0.6 is 0 Å². The molecule has 0 spiro atoms. The molecule has 1 aromatic heterocycles. The van der Waals surface area contributed by atoms with E-state index in [4.69, 9.17) is 10.5 Å². The van der Waals surface area contributed by atoms with Gasteiger partial charge in [-0.25, -0.2) is 0 Å². The third kappa shape index (κ3) is 2.70. The van der Waals surface area contributed by atoms with Crippen LogP contribution in [-0.4, -0.2) is 17.6 Å². The summed E-state index contributed by atoms with van der Waals surface area (Å²) in [5.74, 6) is 0.391. The number of hydrogen-bond donors (Lipinski definition) is 2. The Morgan fingerprint density at radius 2 is 2.21 bits per heavy atom. The Bertz CT molecular complexity index is 590. The van der Waals surface area contributed by atoms with Gasteiger partial charge in [-0.15, -0.1) is 0 Å². The van der Waals surface area contributed by atoms with Gasteiger partial charge < -0.3 is 20.4 Å². The van der Waals surface area contributed by atoms with E-state index in [2.05, 4.69) is 5.32 Å². The van der Waals surface area contributed by atoms with E-state index in [1.54, 1.807) is 31.4 Å². The molecule has 0 aliphatic rings. The number of nitrogens with zero attached hydrogens (tertiary/aromatic N) is 1. The van der Waals surface area contributed by atoms with Gasteiger partial charge in [-0.05, 0) is 31.2 Å². The van der Waals surface area contributed by atoms with Crippen molar-refractivity contribution in [2.75, 3.05) is 18.2 Å². The van der Waals surface area contributed by atoms with E-state index in [-0.39, 0.29) is 5.91 Å². The van der Waals surface area contributed by atoms with E-state index in [0.29, 0.717) is 22.8 Å². The number of nitrogens with two attached hydrogens (primary N) is 1. The molecule has 2 rings (SSSR count). The topological polar surface area (TPSA) is 69.3 Å². The number of methoxy groups -OCH3 is 1. The Morgan fingerprint density at radius 1 is 1.42 bits per heavy atom. The van der Waals surface area contributed by atoms with Crippen molar-refractivity contribution in [3.8, 4) is 5.75 Å². The number of rotatable bonds is 4. The molecular formula is C14H17N3O2. The van der Waals surface area contributed by atoms with Crippen LogP contribution in [-0.2, 0) is 6.54 Å². The van der Waals surface area contributed by atoms with Gasteiger partial charge in [0, 0.05) is 24.5 Å². The largest absolute Gasteiger partial charge is 0.495 e. The van der Waals surface area contributed by atoms with Gasteiger partial charge in [-0.2, -0.15) is 0 Å². The zero-order chi connectivity index (χ0) is 13.8. The van der Waals surface area contributed by atoms with Crippen LogP contribution in [0.4, 0.5) is 11.4 Å². The summed E-state index contributed by atoms with van der Waals surface area (Å²) in [5.41, 5.74) is 7.54. The van der Waals surface area contributed by atoms with Gasteiger partial charge in [0.2, 0.25) is 0 Å². The van der Waals surface area contributed by atoms with E-state index < -0.39 is 0 Å². The number of aromatic nitrogens is 1. The molecule has 0 atom stereocenters. The van der Waals surface area contributed by atoms with Crippen molar-refractivity contribution in [2.24, 2.45) is 0 Å². The number of nitrogens with one attached hydrogen (secondary N) is 1. The van der Waals surface area contributed by atoms with Gasteiger partial charge in [0.05, 0.1) is 12.8 Å². The van der Waals surface area contributed by atoms with Gasteiger partial charge in [0.15, 0.2) is 0 Å². The summed E-state index contributed by atoms with van der Waals surface area (Å²) in [6.45, 7) is 2.74. The molecule has 5 nitrogen and oxygen atoms in total. The fourth-order valence-electron chi connectivity index (χ4n) is 1.88. The average molecular weight is 259 g/mol. The molecule has 0 aliphatic heterocycles. The lowest BCUT2D eigenvalue weighted by molar-refractivity contribution is 0.101. The Kier molecular flexibility index (Phi) is 3.75. The second kappa shape index (κ2) is 5.48. The van der Waals surface area contributed by atoms with E-state index in [1.807, 2.05) is 23.8 Å². The highest BCUT2D eigenvalue weighted by Gasteiger charge is 2.11. The zero-order valence-corrected chi connectivity index (χ0v) is 11.0. The summed E-state index contributed by atoms with van der Waals surface area (Å²) in [6.07, 6.45) is 1.87. The van der Waals surface area contributed by atoms with Crippen LogP contribution in [0.15, 0.2) is 36.5 Å². The lowest BCUT2D eigenvalue weighted by atomic mass is 10.2. The number of nitrogen functional groups attached to an aromatic ring is 1. The maximum atomic E-state index is 12.1. The van der Waals surface area contributed by atoms with Gasteiger partial charge in [0.25, 0.3) is 5.91 Å². The summed E-state index contributed by atoms with van der Waals surface area (Å²) in [5, 5.41) is 2.83. The predicted molar refractivity (Wildman–Crippen MR) is 75.5 cm³/mol. The Balaban J connectivity index is 2.19. The highest BCUT2D eigenvalue weighted by atomic mass is 16.5. The molecule has 0 saturated carbocycles. The first-order valence-corrected chi connectivity index (χ1v) is 6.05. The van der Waals surface area contributed by atoms with Crippen LogP contribution in [0, 0.1) is 0 Å². The minimum absolute atomic E-state index is 0.154. The Hall–Kier alpha value is -2.43. The summed E-state index contributed by atoms with van der Waals surface area (Å²) < 4.78 is 7.00. The van der Waals surface area contributed by atoms with Crippen LogP contribution in [0.25, 0.3) is 0 Å². The second-order valence-corrected chi connectivity index (χ2v) is 4.09. The number of amides is 1. The first-order chi connectivity index (χ1) is 9.15. The standard InChI is InChI=1S/C14H17N3O2/c1-3-17-8-4-5-12(17)14(18)16-10-6-7-11(15)13(9-10)19-2/h4-9H,3,15H2,1-2H3,(H,16,18). The third-order valence-corrected chi connectivity index (χ3v) is 2.89. The van der Waals surface area contributed by atoms with E-state index in [1.165, 1.54) is 0 Å². The molecule has 1 aromatic carbocycles. The molecule has 0 saturated heterocycles. The van der Waals surface area contributed by atoms with Crippen molar-refractivity contribution in [3.05, 3.63) is 42.2 Å². The first kappa shape index (κ1) is 13.0. The number of carbonyl (C=O) groups is 1. The van der Waals surface area contributed by atoms with E-state index in [9.17, 15) is 4.79 Å². The SMILES string of the molecule is CCn1cccc1C(=O)Nc1ccc(N)c(OC)c1. The molecular weight excluding hydrogens is 242 g/mol. The van der Waals surface area contributed by atoms with Crippen LogP contribution in [0.1, 0.15) is 17.4 Å². The predicted octanol–water partition coefficient (Wildman–Crippen LogP) is 2.35. The van der Waals surface area contributed by atoms with Gasteiger partial charge in [0.1, 0.15) is 11.4 Å². The molecule has 0 bridgehead atoms. The quantitative estimate of drug-likeness (QED) is 0.828. The highest BCUT2D eigenvalue weighted by molar-refractivity contribution is 6.03. The number of benzene rings is 1. The van der Waals surface area contributed by atoms with Gasteiger partial charge >= 0.3 is 0 Å². The minimum Gasteiger partial charge on any atom is -0.495 e. The molecule has 100 valence electrons. The summed E-state index contributed by atoms with van der Waals surface area (Å²) in [7, 11) is 1.54. The fourth-order valence-corrected chi connectivity index (χ4v) is 1.88. The van der Waals surface area contributed by atoms with Crippen LogP contribution in [0.2, 0.25) is 0 Å². The maximum absolute atomic E-state index is 12.1. The van der Waals surface area contributed by atoms with Crippen molar-refractivity contribution >= 4 is 17.3 Å². The molecule has 1 heterocycles. The number of ether oxygens (including phenoxy) is 1. The number of hydrogen-bond acceptors (Lipinski definition) is 3. The fraction of sp³-hybridized carbons (Fsp3) is 0.214. The van der Waals surface area contributed by atoms with Crippen molar-refractivity contribution in [1.82, 2.24) is 4.57 Å². The van der Waals surface area contributed by atoms with Crippen LogP contribution in [0.5, 0.6) is 5.75 Å². The van der Waals surface area contributed by atoms with Crippen LogP contribution in [0.3, 0.4) is 0 Å². The minimum atomic E-state index is -0.154. The highest BCUT2D eigenvalue weighted by Crippen LogP contribution is 2.25. The lowest BCUT2D eigenvalue weighted by Crippen LogP contribution is -2.16. The molecule has 0 unspecified atom stereocenters. The Morgan fingerprint density at radius 3 is 2.89 bits per heavy atom. The van der Waals surface area contributed by atoms with Crippen molar-refractivity contribution in [3.63, 3.8) is 0 Å². The molecule has 0 fully saturated rings. The third-order valence-electron chi connectivity index (χ3n) is 2.89. The molecule has 5 heteroatoms. The van der Waals surface area contributed by atoms with E-state index in [0.717, 1.165) is 6.54 Å². The molecule has 3 N–H and O–H groups in total. The van der Waals surface area contributed by atoms with Crippen LogP contribution < -0.4 is 15.8 Å². The smallest absolute Gasteiger partial charge is 0.272 e. The normalized spacial score (nSPS) is 10.2. The summed E-state index contributed by atoms with van der Waals surface area (Å²) >= 11 is 0. The van der Waals surface area contributed by atoms with Crippen molar-refractivity contribution < 1.29 is 9.53 Å².